The van der Waals surface area contributed by atoms with E-state index in [1.54, 1.807) is 0 Å². The van der Waals surface area contributed by atoms with Crippen molar-refractivity contribution in [2.75, 3.05) is 11.1 Å². The van der Waals surface area contributed by atoms with Gasteiger partial charge in [-0.2, -0.15) is 0 Å². The summed E-state index contributed by atoms with van der Waals surface area (Å²) in [6.07, 6.45) is 0. The molecule has 0 aliphatic heterocycles. The van der Waals surface area contributed by atoms with E-state index in [0.29, 0.717) is 10.9 Å². The van der Waals surface area contributed by atoms with E-state index in [9.17, 15) is 9.59 Å². The zero-order valence-corrected chi connectivity index (χ0v) is 16.0. The van der Waals surface area contributed by atoms with Gasteiger partial charge in [-0.15, -0.1) is 0 Å². The number of aromatic nitrogens is 2. The number of nitrogens with zero attached hydrogens (tertiary/aromatic N) is 1. The first-order valence-electron chi connectivity index (χ1n) is 7.45. The first-order chi connectivity index (χ1) is 12.1. The van der Waals surface area contributed by atoms with Gasteiger partial charge >= 0.3 is 0 Å². The normalized spacial score (nSPS) is 10.4. The highest BCUT2D eigenvalue weighted by atomic mass is 127. The van der Waals surface area contributed by atoms with E-state index < -0.39 is 0 Å². The summed E-state index contributed by atoms with van der Waals surface area (Å²) in [7, 11) is 0. The molecule has 0 aliphatic carbocycles. The second-order valence-electron chi connectivity index (χ2n) is 5.15. The highest BCUT2D eigenvalue weighted by Crippen LogP contribution is 2.19. The molecule has 25 heavy (non-hydrogen) atoms. The summed E-state index contributed by atoms with van der Waals surface area (Å²) in [4.78, 5) is 31.0. The number of benzene rings is 2. The second kappa shape index (κ2) is 8.30. The maximum absolute atomic E-state index is 12.1. The molecular formula is C18H14IN3O2S. The van der Waals surface area contributed by atoms with Gasteiger partial charge in [0.15, 0.2) is 5.16 Å². The molecule has 0 saturated carbocycles. The Morgan fingerprint density at radius 2 is 1.84 bits per heavy atom. The molecule has 0 unspecified atom stereocenters. The third kappa shape index (κ3) is 5.17. The Morgan fingerprint density at radius 1 is 1.12 bits per heavy atom. The number of anilines is 1. The number of aromatic amines is 1. The topological polar surface area (TPSA) is 74.8 Å². The lowest BCUT2D eigenvalue weighted by Crippen LogP contribution is -2.15. The van der Waals surface area contributed by atoms with E-state index in [0.717, 1.165) is 14.8 Å². The maximum atomic E-state index is 12.1. The fourth-order valence-corrected chi connectivity index (χ4v) is 3.16. The molecule has 2 aromatic carbocycles. The van der Waals surface area contributed by atoms with E-state index in [2.05, 4.69) is 37.9 Å². The average molecular weight is 463 g/mol. The number of carbonyl (C=O) groups is 1. The van der Waals surface area contributed by atoms with Crippen molar-refractivity contribution in [2.45, 2.75) is 5.16 Å². The van der Waals surface area contributed by atoms with Crippen molar-refractivity contribution < 1.29 is 4.79 Å². The SMILES string of the molecule is O=C(CSc1nc(-c2ccccc2)cc(=O)[nH]1)Nc1ccc(I)cc1. The van der Waals surface area contributed by atoms with Gasteiger partial charge in [0.25, 0.3) is 5.56 Å². The summed E-state index contributed by atoms with van der Waals surface area (Å²) in [5, 5.41) is 3.24. The van der Waals surface area contributed by atoms with Gasteiger partial charge in [-0.1, -0.05) is 42.1 Å². The highest BCUT2D eigenvalue weighted by Gasteiger charge is 2.08. The molecule has 0 bridgehead atoms. The predicted molar refractivity (Wildman–Crippen MR) is 109 cm³/mol. The van der Waals surface area contributed by atoms with Gasteiger partial charge in [0.2, 0.25) is 5.91 Å². The Morgan fingerprint density at radius 3 is 2.56 bits per heavy atom. The Bertz CT molecular complexity index is 927. The number of thioether (sulfide) groups is 1. The quantitative estimate of drug-likeness (QED) is 0.343. The zero-order valence-electron chi connectivity index (χ0n) is 13.0. The van der Waals surface area contributed by atoms with Gasteiger partial charge in [-0.25, -0.2) is 4.98 Å². The van der Waals surface area contributed by atoms with Crippen LogP contribution in [0.1, 0.15) is 0 Å². The summed E-state index contributed by atoms with van der Waals surface area (Å²) in [5.41, 5.74) is 1.95. The molecular weight excluding hydrogens is 449 g/mol. The van der Waals surface area contributed by atoms with Crippen molar-refractivity contribution in [3.8, 4) is 11.3 Å². The van der Waals surface area contributed by atoms with E-state index in [-0.39, 0.29) is 17.2 Å². The van der Waals surface area contributed by atoms with Crippen LogP contribution in [0.3, 0.4) is 0 Å². The number of carbonyl (C=O) groups excluding carboxylic acids is 1. The molecule has 7 heteroatoms. The summed E-state index contributed by atoms with van der Waals surface area (Å²) in [6, 6.07) is 18.4. The van der Waals surface area contributed by atoms with Crippen LogP contribution in [0.4, 0.5) is 5.69 Å². The fourth-order valence-electron chi connectivity index (χ4n) is 2.12. The molecule has 5 nitrogen and oxygen atoms in total. The molecule has 1 aromatic heterocycles. The van der Waals surface area contributed by atoms with Gasteiger partial charge in [-0.05, 0) is 46.9 Å². The van der Waals surface area contributed by atoms with Crippen molar-refractivity contribution in [1.29, 1.82) is 0 Å². The minimum absolute atomic E-state index is 0.154. The third-order valence-corrected chi connectivity index (χ3v) is 4.85. The van der Waals surface area contributed by atoms with E-state index in [1.807, 2.05) is 54.6 Å². The third-order valence-electron chi connectivity index (χ3n) is 3.26. The smallest absolute Gasteiger partial charge is 0.252 e. The molecule has 1 heterocycles. The van der Waals surface area contributed by atoms with Gasteiger partial charge in [-0.3, -0.25) is 9.59 Å². The van der Waals surface area contributed by atoms with Crippen molar-refractivity contribution in [2.24, 2.45) is 0 Å². The summed E-state index contributed by atoms with van der Waals surface area (Å²) < 4.78 is 1.10. The average Bonchev–Trinajstić information content (AvgIpc) is 2.62. The van der Waals surface area contributed by atoms with Gasteiger partial charge < -0.3 is 10.3 Å². The minimum atomic E-state index is -0.241. The minimum Gasteiger partial charge on any atom is -0.325 e. The molecule has 3 aromatic rings. The van der Waals surface area contributed by atoms with Crippen LogP contribution in [-0.2, 0) is 4.79 Å². The van der Waals surface area contributed by atoms with Crippen LogP contribution in [0.15, 0.2) is 70.6 Å². The largest absolute Gasteiger partial charge is 0.325 e. The van der Waals surface area contributed by atoms with E-state index in [1.165, 1.54) is 17.8 Å². The molecule has 0 fully saturated rings. The summed E-state index contributed by atoms with van der Waals surface area (Å²) in [6.45, 7) is 0. The van der Waals surface area contributed by atoms with Gasteiger partial charge in [0.1, 0.15) is 0 Å². The number of hydrogen-bond acceptors (Lipinski definition) is 4. The molecule has 126 valence electrons. The second-order valence-corrected chi connectivity index (χ2v) is 7.36. The number of nitrogens with one attached hydrogen (secondary N) is 2. The Hall–Kier alpha value is -2.13. The lowest BCUT2D eigenvalue weighted by atomic mass is 10.1. The van der Waals surface area contributed by atoms with Crippen LogP contribution in [0.25, 0.3) is 11.3 Å². The molecule has 0 atom stereocenters. The molecule has 0 radical (unpaired) electrons. The highest BCUT2D eigenvalue weighted by molar-refractivity contribution is 14.1. The van der Waals surface area contributed by atoms with Crippen LogP contribution < -0.4 is 10.9 Å². The first kappa shape index (κ1) is 17.7. The molecule has 3 rings (SSSR count). The number of amides is 1. The fraction of sp³-hybridized carbons (Fsp3) is 0.0556. The summed E-state index contributed by atoms with van der Waals surface area (Å²) in [5.74, 6) is 0.00616. The monoisotopic (exact) mass is 463 g/mol. The van der Waals surface area contributed by atoms with Crippen LogP contribution in [0, 0.1) is 3.57 Å². The van der Waals surface area contributed by atoms with Crippen molar-refractivity contribution in [1.82, 2.24) is 9.97 Å². The molecule has 0 spiro atoms. The van der Waals surface area contributed by atoms with Crippen molar-refractivity contribution >= 4 is 45.9 Å². The van der Waals surface area contributed by atoms with Crippen LogP contribution in [0.2, 0.25) is 0 Å². The number of H-pyrrole nitrogens is 1. The standard InChI is InChI=1S/C18H14IN3O2S/c19-13-6-8-14(9-7-13)20-17(24)11-25-18-21-15(10-16(23)22-18)12-4-2-1-3-5-12/h1-10H,11H2,(H,20,24)(H,21,22,23). The number of hydrogen-bond donors (Lipinski definition) is 2. The maximum Gasteiger partial charge on any atom is 0.252 e. The lowest BCUT2D eigenvalue weighted by Gasteiger charge is -2.06. The first-order valence-corrected chi connectivity index (χ1v) is 9.51. The number of halogens is 1. The lowest BCUT2D eigenvalue weighted by molar-refractivity contribution is -0.113. The van der Waals surface area contributed by atoms with Crippen LogP contribution in [-0.4, -0.2) is 21.6 Å². The molecule has 2 N–H and O–H groups in total. The predicted octanol–water partition coefficient (Wildman–Crippen LogP) is 3.77. The Kier molecular flexibility index (Phi) is 5.87. The van der Waals surface area contributed by atoms with E-state index in [4.69, 9.17) is 0 Å². The number of rotatable bonds is 5. The van der Waals surface area contributed by atoms with Crippen molar-refractivity contribution in [3.63, 3.8) is 0 Å². The zero-order chi connectivity index (χ0) is 17.6. The molecule has 0 aliphatic rings. The Labute approximate surface area is 162 Å². The Balaban J connectivity index is 1.67. The summed E-state index contributed by atoms with van der Waals surface area (Å²) >= 11 is 3.40. The molecule has 1 amide bonds. The molecule has 0 saturated heterocycles. The van der Waals surface area contributed by atoms with Gasteiger partial charge in [0.05, 0.1) is 11.4 Å². The van der Waals surface area contributed by atoms with Crippen molar-refractivity contribution in [3.05, 3.63) is 74.6 Å². The van der Waals surface area contributed by atoms with Crippen LogP contribution in [0.5, 0.6) is 0 Å². The van der Waals surface area contributed by atoms with Gasteiger partial charge in [0, 0.05) is 20.9 Å². The van der Waals surface area contributed by atoms with E-state index >= 15 is 0 Å². The van der Waals surface area contributed by atoms with Crippen LogP contribution >= 0.6 is 34.4 Å².